The maximum absolute atomic E-state index is 11.7. The van der Waals surface area contributed by atoms with E-state index in [9.17, 15) is 19.8 Å². The number of carbonyl (C=O) groups is 2. The topological polar surface area (TPSA) is 241 Å². The van der Waals surface area contributed by atoms with Crippen molar-refractivity contribution in [3.8, 4) is 0 Å². The SMILES string of the molecule is [2H]Nc1nc(SCC(Nc2nc(Cl)nc(Cl)n2)C(=O)O)nc(SCC(Nc2nc(Cl)nc(Cl)n2)C(=O)O)n1. The highest BCUT2D eigenvalue weighted by Crippen LogP contribution is 2.22. The number of rotatable bonds is 13. The lowest BCUT2D eigenvalue weighted by atomic mass is 10.3. The lowest BCUT2D eigenvalue weighted by Gasteiger charge is -2.14. The zero-order chi connectivity index (χ0) is 27.8. The summed E-state index contributed by atoms with van der Waals surface area (Å²) in [4.78, 5) is 57.8. The largest absolute Gasteiger partial charge is 0.480 e. The van der Waals surface area contributed by atoms with Crippen molar-refractivity contribution >= 4 is 99.7 Å². The smallest absolute Gasteiger partial charge is 0.327 e. The molecule has 0 fully saturated rings. The second-order valence-electron chi connectivity index (χ2n) is 6.31. The normalized spacial score (nSPS) is 12.8. The van der Waals surface area contributed by atoms with Crippen molar-refractivity contribution in [1.82, 2.24) is 44.9 Å². The highest BCUT2D eigenvalue weighted by molar-refractivity contribution is 7.99. The lowest BCUT2D eigenvalue weighted by molar-refractivity contribution is -0.138. The number of nitrogens with two attached hydrogens (primary N) is 1. The number of aromatic nitrogens is 9. The molecule has 0 aliphatic rings. The van der Waals surface area contributed by atoms with Gasteiger partial charge < -0.3 is 26.6 Å². The van der Waals surface area contributed by atoms with Gasteiger partial charge in [-0.25, -0.2) is 9.59 Å². The molecule has 3 aromatic heterocycles. The van der Waals surface area contributed by atoms with Crippen molar-refractivity contribution < 1.29 is 21.2 Å². The van der Waals surface area contributed by atoms with Crippen LogP contribution < -0.4 is 16.4 Å². The number of nitrogen functional groups attached to an aromatic ring is 1. The van der Waals surface area contributed by atoms with Crippen molar-refractivity contribution in [3.63, 3.8) is 0 Å². The molecule has 0 radical (unpaired) electrons. The zero-order valence-electron chi connectivity index (χ0n) is 18.6. The number of halogens is 4. The van der Waals surface area contributed by atoms with Crippen molar-refractivity contribution in [2.45, 2.75) is 22.4 Å². The van der Waals surface area contributed by atoms with E-state index in [1.54, 1.807) is 0 Å². The number of nitrogens with one attached hydrogen (secondary N) is 2. The average molecular weight is 631 g/mol. The van der Waals surface area contributed by atoms with Crippen LogP contribution in [0.2, 0.25) is 22.5 Å². The maximum atomic E-state index is 11.7. The molecule has 3 rings (SSSR count). The van der Waals surface area contributed by atoms with Gasteiger partial charge in [0.1, 0.15) is 12.1 Å². The summed E-state index contributed by atoms with van der Waals surface area (Å²) >= 11 is 24.7. The molecule has 3 heterocycles. The van der Waals surface area contributed by atoms with Gasteiger partial charge >= 0.3 is 11.9 Å². The second kappa shape index (κ2) is 13.2. The Labute approximate surface area is 236 Å². The molecule has 0 bridgehead atoms. The molecular formula is C15H12Cl4N12O4S2. The molecule has 22 heteroatoms. The molecule has 2 unspecified atom stereocenters. The molecule has 3 aromatic rings. The lowest BCUT2D eigenvalue weighted by Crippen LogP contribution is -2.33. The summed E-state index contributed by atoms with van der Waals surface area (Å²) < 4.78 is 7.36. The number of nitrogens with zero attached hydrogens (tertiary/aromatic N) is 9. The molecule has 0 saturated carbocycles. The highest BCUT2D eigenvalue weighted by atomic mass is 35.5. The van der Waals surface area contributed by atoms with Crippen molar-refractivity contribution in [3.05, 3.63) is 21.1 Å². The Balaban J connectivity index is 1.69. The summed E-state index contributed by atoms with van der Waals surface area (Å²) in [5.74, 6) is -3.21. The van der Waals surface area contributed by atoms with Gasteiger partial charge in [-0.15, -0.1) is 0 Å². The number of anilines is 3. The molecule has 0 spiro atoms. The van der Waals surface area contributed by atoms with Crippen LogP contribution in [-0.4, -0.2) is 90.6 Å². The number of thioether (sulfide) groups is 2. The molecule has 6 N–H and O–H groups in total. The Morgan fingerprint density at radius 1 is 0.730 bits per heavy atom. The van der Waals surface area contributed by atoms with E-state index >= 15 is 0 Å². The minimum Gasteiger partial charge on any atom is -0.480 e. The van der Waals surface area contributed by atoms with E-state index in [4.69, 9.17) is 47.8 Å². The maximum Gasteiger partial charge on any atom is 0.327 e. The minimum atomic E-state index is -1.25. The fraction of sp³-hybridized carbons (Fsp3) is 0.267. The highest BCUT2D eigenvalue weighted by Gasteiger charge is 2.23. The predicted molar refractivity (Wildman–Crippen MR) is 135 cm³/mol. The van der Waals surface area contributed by atoms with Gasteiger partial charge in [-0.3, -0.25) is 0 Å². The van der Waals surface area contributed by atoms with Gasteiger partial charge in [0.05, 0.1) is 0 Å². The molecule has 37 heavy (non-hydrogen) atoms. The third kappa shape index (κ3) is 9.24. The minimum absolute atomic E-state index is 0.0490. The van der Waals surface area contributed by atoms with E-state index in [0.717, 1.165) is 23.5 Å². The van der Waals surface area contributed by atoms with Crippen LogP contribution in [0.25, 0.3) is 0 Å². The van der Waals surface area contributed by atoms with Crippen LogP contribution in [0.15, 0.2) is 10.3 Å². The van der Waals surface area contributed by atoms with Gasteiger partial charge in [-0.1, -0.05) is 23.5 Å². The molecule has 2 atom stereocenters. The van der Waals surface area contributed by atoms with Gasteiger partial charge in [0.15, 0.2) is 11.7 Å². The molecule has 0 saturated heterocycles. The fourth-order valence-electron chi connectivity index (χ4n) is 2.22. The molecule has 0 amide bonds. The van der Waals surface area contributed by atoms with Crippen molar-refractivity contribution in [2.75, 3.05) is 27.9 Å². The van der Waals surface area contributed by atoms with Crippen LogP contribution in [0.4, 0.5) is 17.8 Å². The zero-order valence-corrected chi connectivity index (χ0v) is 22.3. The quantitative estimate of drug-likeness (QED) is 0.169. The Morgan fingerprint density at radius 2 is 1.11 bits per heavy atom. The van der Waals surface area contributed by atoms with Crippen LogP contribution in [-0.2, 0) is 9.59 Å². The Kier molecular flexibility index (Phi) is 9.69. The molecule has 0 aliphatic carbocycles. The second-order valence-corrected chi connectivity index (χ2v) is 9.64. The number of hydrogen-bond donors (Lipinski definition) is 5. The van der Waals surface area contributed by atoms with E-state index in [-0.39, 0.29) is 60.8 Å². The third-order valence-corrected chi connectivity index (χ3v) is 6.27. The van der Waals surface area contributed by atoms with Crippen LogP contribution in [0.5, 0.6) is 0 Å². The van der Waals surface area contributed by atoms with E-state index in [2.05, 4.69) is 55.5 Å². The summed E-state index contributed by atoms with van der Waals surface area (Å²) in [5, 5.41) is 23.4. The molecule has 196 valence electrons. The standard InChI is InChI=1S/C15H12Cl4N12O4S2/c16-7-23-8(17)26-12(25-7)21-3(5(32)33)1-36-14-29-11(20)30-15(31-14)37-2-4(6(34)35)22-13-27-9(18)24-10(19)28-13/h3-4H,1-2H2,(H,32,33)(H,34,35)(H2,20,29,30,31)(H,21,23,25,26)(H,22,24,27,28)/i/hD. The first-order chi connectivity index (χ1) is 18.0. The Hall–Kier alpha value is -2.77. The number of aliphatic carboxylic acids is 2. The summed E-state index contributed by atoms with van der Waals surface area (Å²) in [6.07, 6.45) is 0. The summed E-state index contributed by atoms with van der Waals surface area (Å²) in [5.41, 5.74) is 2.02. The summed E-state index contributed by atoms with van der Waals surface area (Å²) in [6.45, 7) is 0. The first kappa shape index (κ1) is 27.3. The molecule has 0 aromatic carbocycles. The van der Waals surface area contributed by atoms with E-state index < -0.39 is 24.0 Å². The van der Waals surface area contributed by atoms with E-state index in [1.807, 2.05) is 5.73 Å². The average Bonchev–Trinajstić information content (AvgIpc) is 2.82. The van der Waals surface area contributed by atoms with Crippen LogP contribution >= 0.6 is 69.9 Å². The van der Waals surface area contributed by atoms with Gasteiger partial charge in [0, 0.05) is 11.5 Å². The van der Waals surface area contributed by atoms with Crippen LogP contribution in [0.1, 0.15) is 0 Å². The van der Waals surface area contributed by atoms with Gasteiger partial charge in [0.2, 0.25) is 39.0 Å². The predicted octanol–water partition coefficient (Wildman–Crippen LogP) is 1.75. The molecule has 16 nitrogen and oxygen atoms in total. The van der Waals surface area contributed by atoms with Gasteiger partial charge in [0.25, 0.3) is 0 Å². The summed E-state index contributed by atoms with van der Waals surface area (Å²) in [6, 6.07) is -2.45. The Bertz CT molecular complexity index is 1200. The van der Waals surface area contributed by atoms with Crippen LogP contribution in [0, 0.1) is 0 Å². The summed E-state index contributed by atoms with van der Waals surface area (Å²) in [7, 11) is 0. The fourth-order valence-corrected chi connectivity index (χ4v) is 4.70. The van der Waals surface area contributed by atoms with Gasteiger partial charge in [-0.05, 0) is 46.4 Å². The van der Waals surface area contributed by atoms with E-state index in [1.165, 1.54) is 0 Å². The number of hydrogen-bond acceptors (Lipinski definition) is 16. The number of carboxylic acid groups (broad SMARTS) is 2. The molecular weight excluding hydrogens is 618 g/mol. The molecule has 0 aliphatic heterocycles. The van der Waals surface area contributed by atoms with Crippen molar-refractivity contribution in [2.24, 2.45) is 0 Å². The first-order valence-corrected chi connectivity index (χ1v) is 12.8. The van der Waals surface area contributed by atoms with E-state index in [0.29, 0.717) is 0 Å². The van der Waals surface area contributed by atoms with Crippen LogP contribution in [0.3, 0.4) is 0 Å². The monoisotopic (exact) mass is 629 g/mol. The third-order valence-electron chi connectivity index (χ3n) is 3.72. The first-order valence-electron chi connectivity index (χ1n) is 9.84. The van der Waals surface area contributed by atoms with Crippen molar-refractivity contribution in [1.29, 1.82) is 0 Å². The number of carboxylic acids is 2. The Morgan fingerprint density at radius 3 is 1.43 bits per heavy atom. The van der Waals surface area contributed by atoms with Gasteiger partial charge in [-0.2, -0.15) is 44.9 Å².